The number of unbranched alkanes of at least 4 members (excludes halogenated alkanes) is 25. The minimum Gasteiger partial charge on any atom is -0.466 e. The van der Waals surface area contributed by atoms with Gasteiger partial charge in [0.1, 0.15) is 0 Å². The van der Waals surface area contributed by atoms with Gasteiger partial charge in [0.05, 0.1) is 13.2 Å². The van der Waals surface area contributed by atoms with E-state index in [1.807, 2.05) is 0 Å². The number of carbonyl (C=O) groups is 3. The van der Waals surface area contributed by atoms with Gasteiger partial charge in [0.2, 0.25) is 5.91 Å². The molecule has 1 amide bonds. The minimum absolute atomic E-state index is 0.0580. The molecule has 7 heteroatoms. The molecule has 2 atom stereocenters. The summed E-state index contributed by atoms with van der Waals surface area (Å²) in [6, 6.07) is 0.215. The van der Waals surface area contributed by atoms with Gasteiger partial charge in [0, 0.05) is 38.4 Å². The minimum atomic E-state index is -0.0653. The van der Waals surface area contributed by atoms with Crippen molar-refractivity contribution in [1.29, 1.82) is 0 Å². The van der Waals surface area contributed by atoms with Crippen LogP contribution in [0.3, 0.4) is 0 Å². The highest BCUT2D eigenvalue weighted by atomic mass is 16.5. The van der Waals surface area contributed by atoms with E-state index in [0.717, 1.165) is 90.1 Å². The second-order valence-corrected chi connectivity index (χ2v) is 18.8. The zero-order valence-electron chi connectivity index (χ0n) is 41.3. The van der Waals surface area contributed by atoms with Gasteiger partial charge in [-0.05, 0) is 71.4 Å². The number of esters is 2. The zero-order valence-corrected chi connectivity index (χ0v) is 41.3. The molecule has 0 radical (unpaired) electrons. The van der Waals surface area contributed by atoms with Crippen molar-refractivity contribution < 1.29 is 23.9 Å². The number of rotatable bonds is 47. The van der Waals surface area contributed by atoms with Crippen molar-refractivity contribution in [1.82, 2.24) is 9.80 Å². The van der Waals surface area contributed by atoms with Crippen LogP contribution in [0.4, 0.5) is 0 Å². The fourth-order valence-corrected chi connectivity index (χ4v) is 8.45. The third-order valence-electron chi connectivity index (χ3n) is 12.6. The summed E-state index contributed by atoms with van der Waals surface area (Å²) in [5, 5.41) is 0. The normalized spacial score (nSPS) is 12.5. The number of likely N-dealkylation sites (N-methyl/N-ethyl adjacent to an activating group) is 1. The van der Waals surface area contributed by atoms with Crippen molar-refractivity contribution in [3.63, 3.8) is 0 Å². The maximum absolute atomic E-state index is 13.9. The predicted octanol–water partition coefficient (Wildman–Crippen LogP) is 15.4. The van der Waals surface area contributed by atoms with Crippen LogP contribution in [0.1, 0.15) is 272 Å². The molecule has 0 heterocycles. The van der Waals surface area contributed by atoms with Gasteiger partial charge in [-0.25, -0.2) is 0 Å². The summed E-state index contributed by atoms with van der Waals surface area (Å²) in [5.74, 6) is 0.642. The molecule has 0 aliphatic heterocycles. The number of hydrogen-bond acceptors (Lipinski definition) is 6. The molecule has 0 aromatic carbocycles. The van der Waals surface area contributed by atoms with E-state index in [9.17, 15) is 14.4 Å². The fourth-order valence-electron chi connectivity index (χ4n) is 8.45. The summed E-state index contributed by atoms with van der Waals surface area (Å²) in [6.07, 6.45) is 43.1. The standard InChI is InChI=1S/C53H104N2O5/c1-7-11-15-18-20-22-23-24-26-30-37-47-59-52(57)44-36-35-41-50(40-32-27-25-21-19-16-12-8-2)55(46-45-54(5)6)51(56)42-33-28-29-34-43-53(58)60-48-49(38-14-10-4)39-31-17-13-9-3/h49-50H,7-48H2,1-6H3. The Morgan fingerprint density at radius 1 is 0.400 bits per heavy atom. The Morgan fingerprint density at radius 2 is 0.783 bits per heavy atom. The molecule has 0 aromatic heterocycles. The molecule has 0 aromatic rings. The zero-order chi connectivity index (χ0) is 44.2. The number of nitrogens with zero attached hydrogens (tertiary/aromatic N) is 2. The third-order valence-corrected chi connectivity index (χ3v) is 12.6. The van der Waals surface area contributed by atoms with Gasteiger partial charge in [-0.15, -0.1) is 0 Å². The highest BCUT2D eigenvalue weighted by molar-refractivity contribution is 5.76. The monoisotopic (exact) mass is 849 g/mol. The molecule has 356 valence electrons. The molecule has 0 N–H and O–H groups in total. The van der Waals surface area contributed by atoms with Gasteiger partial charge in [-0.3, -0.25) is 14.4 Å². The average molecular weight is 849 g/mol. The van der Waals surface area contributed by atoms with Crippen LogP contribution >= 0.6 is 0 Å². The predicted molar refractivity (Wildman–Crippen MR) is 258 cm³/mol. The Bertz CT molecular complexity index is 942. The Morgan fingerprint density at radius 3 is 1.32 bits per heavy atom. The van der Waals surface area contributed by atoms with Crippen molar-refractivity contribution in [3.05, 3.63) is 0 Å². The number of amides is 1. The van der Waals surface area contributed by atoms with E-state index in [0.29, 0.717) is 38.4 Å². The van der Waals surface area contributed by atoms with Crippen molar-refractivity contribution >= 4 is 17.8 Å². The summed E-state index contributed by atoms with van der Waals surface area (Å²) >= 11 is 0. The number of ether oxygens (including phenoxy) is 2. The van der Waals surface area contributed by atoms with Crippen molar-refractivity contribution in [2.75, 3.05) is 40.4 Å². The number of carbonyl (C=O) groups excluding carboxylic acids is 3. The van der Waals surface area contributed by atoms with E-state index in [1.54, 1.807) is 0 Å². The van der Waals surface area contributed by atoms with Gasteiger partial charge in [0.25, 0.3) is 0 Å². The lowest BCUT2D eigenvalue weighted by Gasteiger charge is -2.33. The van der Waals surface area contributed by atoms with Gasteiger partial charge < -0.3 is 19.3 Å². The van der Waals surface area contributed by atoms with Gasteiger partial charge >= 0.3 is 11.9 Å². The topological polar surface area (TPSA) is 76.2 Å². The van der Waals surface area contributed by atoms with Crippen LogP contribution in [0.15, 0.2) is 0 Å². The smallest absolute Gasteiger partial charge is 0.305 e. The first-order valence-electron chi connectivity index (χ1n) is 26.5. The van der Waals surface area contributed by atoms with Crippen molar-refractivity contribution in [3.8, 4) is 0 Å². The molecule has 0 saturated heterocycles. The molecule has 0 rings (SSSR count). The molecule has 60 heavy (non-hydrogen) atoms. The Labute approximate surface area is 374 Å². The molecule has 0 fully saturated rings. The Kier molecular flexibility index (Phi) is 44.2. The van der Waals surface area contributed by atoms with Crippen LogP contribution in [-0.2, 0) is 23.9 Å². The van der Waals surface area contributed by atoms with Crippen LogP contribution in [0, 0.1) is 5.92 Å². The van der Waals surface area contributed by atoms with E-state index in [2.05, 4.69) is 51.6 Å². The molecular formula is C53H104N2O5. The van der Waals surface area contributed by atoms with Crippen molar-refractivity contribution in [2.45, 2.75) is 278 Å². The summed E-state index contributed by atoms with van der Waals surface area (Å²) in [5.41, 5.74) is 0. The average Bonchev–Trinajstić information content (AvgIpc) is 3.23. The van der Waals surface area contributed by atoms with Crippen LogP contribution in [0.2, 0.25) is 0 Å². The third kappa shape index (κ3) is 39.2. The maximum atomic E-state index is 13.9. The second-order valence-electron chi connectivity index (χ2n) is 18.8. The second kappa shape index (κ2) is 45.4. The lowest BCUT2D eigenvalue weighted by atomic mass is 9.96. The molecule has 2 unspecified atom stereocenters. The summed E-state index contributed by atoms with van der Waals surface area (Å²) < 4.78 is 11.4. The van der Waals surface area contributed by atoms with E-state index in [1.165, 1.54) is 148 Å². The molecule has 0 spiro atoms. The molecular weight excluding hydrogens is 745 g/mol. The fraction of sp³-hybridized carbons (Fsp3) is 0.943. The molecule has 7 nitrogen and oxygen atoms in total. The van der Waals surface area contributed by atoms with E-state index in [4.69, 9.17) is 9.47 Å². The molecule has 0 aliphatic rings. The lowest BCUT2D eigenvalue weighted by molar-refractivity contribution is -0.145. The lowest BCUT2D eigenvalue weighted by Crippen LogP contribution is -2.44. The van der Waals surface area contributed by atoms with Crippen LogP contribution in [0.5, 0.6) is 0 Å². The maximum Gasteiger partial charge on any atom is 0.305 e. The van der Waals surface area contributed by atoms with Crippen molar-refractivity contribution in [2.24, 2.45) is 5.92 Å². The SMILES string of the molecule is CCCCCCCCCCCCCOC(=O)CCCCC(CCCCCCCCCC)N(CCN(C)C)C(=O)CCCCCCC(=O)OCC(CCCC)CCCCCC. The Balaban J connectivity index is 4.84. The first-order valence-corrected chi connectivity index (χ1v) is 26.5. The first-order chi connectivity index (χ1) is 29.3. The van der Waals surface area contributed by atoms with Crippen LogP contribution in [0.25, 0.3) is 0 Å². The van der Waals surface area contributed by atoms with E-state index < -0.39 is 0 Å². The summed E-state index contributed by atoms with van der Waals surface area (Å²) in [6.45, 7) is 11.7. The first kappa shape index (κ1) is 58.4. The van der Waals surface area contributed by atoms with Crippen LogP contribution in [-0.4, -0.2) is 74.1 Å². The summed E-state index contributed by atoms with van der Waals surface area (Å²) in [4.78, 5) is 43.4. The van der Waals surface area contributed by atoms with Gasteiger partial charge in [0.15, 0.2) is 0 Å². The largest absolute Gasteiger partial charge is 0.466 e. The Hall–Kier alpha value is -1.63. The van der Waals surface area contributed by atoms with E-state index >= 15 is 0 Å². The highest BCUT2D eigenvalue weighted by Crippen LogP contribution is 2.22. The van der Waals surface area contributed by atoms with Crippen LogP contribution < -0.4 is 0 Å². The highest BCUT2D eigenvalue weighted by Gasteiger charge is 2.23. The quantitative estimate of drug-likeness (QED) is 0.0448. The molecule has 0 bridgehead atoms. The van der Waals surface area contributed by atoms with E-state index in [-0.39, 0.29) is 23.9 Å². The summed E-state index contributed by atoms with van der Waals surface area (Å²) in [7, 11) is 4.17. The molecule has 0 aliphatic carbocycles. The van der Waals surface area contributed by atoms with Gasteiger partial charge in [-0.1, -0.05) is 201 Å². The van der Waals surface area contributed by atoms with Gasteiger partial charge in [-0.2, -0.15) is 0 Å². The molecule has 0 saturated carbocycles. The number of hydrogen-bond donors (Lipinski definition) is 0.